The molecule has 0 saturated heterocycles. The van der Waals surface area contributed by atoms with Crippen molar-refractivity contribution in [1.82, 2.24) is 10.2 Å². The van der Waals surface area contributed by atoms with Crippen LogP contribution in [-0.4, -0.2) is 43.3 Å². The van der Waals surface area contributed by atoms with Crippen molar-refractivity contribution in [2.45, 2.75) is 6.42 Å². The predicted octanol–water partition coefficient (Wildman–Crippen LogP) is 3.95. The van der Waals surface area contributed by atoms with Gasteiger partial charge in [0.1, 0.15) is 5.75 Å². The molecular weight excluding hydrogens is 392 g/mol. The van der Waals surface area contributed by atoms with Crippen molar-refractivity contribution in [3.63, 3.8) is 0 Å². The average molecular weight is 416 g/mol. The largest absolute Gasteiger partial charge is 0.497 e. The predicted molar refractivity (Wildman–Crippen MR) is 119 cm³/mol. The first-order valence-electron chi connectivity index (χ1n) is 9.88. The highest BCUT2D eigenvalue weighted by atomic mass is 16.5. The third-order valence-electron chi connectivity index (χ3n) is 4.89. The standard InChI is InChI=1S/C25H24N2O4/c1-27(25(30)26-17-16-18-8-14-22(31-2)15-9-18)24(29)21-12-10-20(11-13-21)23(28)19-6-4-3-5-7-19/h3-15H,16-17H2,1-2H3,(H,26,30). The van der Waals surface area contributed by atoms with Crippen LogP contribution in [0.2, 0.25) is 0 Å². The highest BCUT2D eigenvalue weighted by Crippen LogP contribution is 2.13. The number of hydrogen-bond acceptors (Lipinski definition) is 4. The van der Waals surface area contributed by atoms with Crippen molar-refractivity contribution in [3.8, 4) is 5.75 Å². The van der Waals surface area contributed by atoms with E-state index in [4.69, 9.17) is 4.74 Å². The zero-order valence-electron chi connectivity index (χ0n) is 17.5. The Bertz CT molecular complexity index is 1050. The Morgan fingerprint density at radius 1 is 0.806 bits per heavy atom. The fourth-order valence-corrected chi connectivity index (χ4v) is 3.03. The number of hydrogen-bond donors (Lipinski definition) is 1. The van der Waals surface area contributed by atoms with Gasteiger partial charge in [-0.1, -0.05) is 54.6 Å². The molecule has 158 valence electrons. The average Bonchev–Trinajstić information content (AvgIpc) is 2.83. The van der Waals surface area contributed by atoms with Crippen molar-refractivity contribution in [1.29, 1.82) is 0 Å². The molecule has 6 nitrogen and oxygen atoms in total. The highest BCUT2D eigenvalue weighted by Gasteiger charge is 2.19. The molecule has 0 heterocycles. The van der Waals surface area contributed by atoms with Crippen molar-refractivity contribution in [2.75, 3.05) is 20.7 Å². The molecule has 0 aliphatic rings. The third kappa shape index (κ3) is 5.57. The fourth-order valence-electron chi connectivity index (χ4n) is 3.03. The van der Waals surface area contributed by atoms with Crippen LogP contribution in [0.25, 0.3) is 0 Å². The van der Waals surface area contributed by atoms with Crippen molar-refractivity contribution in [2.24, 2.45) is 0 Å². The Hall–Kier alpha value is -3.93. The molecule has 0 aromatic heterocycles. The second kappa shape index (κ2) is 10.2. The van der Waals surface area contributed by atoms with Crippen LogP contribution in [0.4, 0.5) is 4.79 Å². The number of methoxy groups -OCH3 is 1. The molecule has 3 rings (SSSR count). The summed E-state index contributed by atoms with van der Waals surface area (Å²) in [6, 6.07) is 22.3. The van der Waals surface area contributed by atoms with Gasteiger partial charge in [-0.05, 0) is 36.2 Å². The molecular formula is C25H24N2O4. The second-order valence-electron chi connectivity index (χ2n) is 6.97. The molecule has 0 aliphatic carbocycles. The number of carbonyl (C=O) groups is 3. The van der Waals surface area contributed by atoms with E-state index in [2.05, 4.69) is 5.32 Å². The van der Waals surface area contributed by atoms with Crippen LogP contribution in [0, 0.1) is 0 Å². The van der Waals surface area contributed by atoms with Crippen LogP contribution < -0.4 is 10.1 Å². The first kappa shape index (κ1) is 21.8. The van der Waals surface area contributed by atoms with Gasteiger partial charge in [0.2, 0.25) is 0 Å². The van der Waals surface area contributed by atoms with Crippen LogP contribution in [-0.2, 0) is 6.42 Å². The minimum Gasteiger partial charge on any atom is -0.497 e. The molecule has 6 heteroatoms. The molecule has 3 aromatic rings. The molecule has 0 radical (unpaired) electrons. The topological polar surface area (TPSA) is 75.7 Å². The van der Waals surface area contributed by atoms with Gasteiger partial charge in [-0.3, -0.25) is 14.5 Å². The normalized spacial score (nSPS) is 10.3. The van der Waals surface area contributed by atoms with Gasteiger partial charge in [0.15, 0.2) is 5.78 Å². The first-order valence-corrected chi connectivity index (χ1v) is 9.88. The summed E-state index contributed by atoms with van der Waals surface area (Å²) in [5, 5.41) is 2.74. The van der Waals surface area contributed by atoms with Gasteiger partial charge >= 0.3 is 6.03 Å². The molecule has 0 fully saturated rings. The molecule has 3 amide bonds. The first-order chi connectivity index (χ1) is 15.0. The van der Waals surface area contributed by atoms with Crippen LogP contribution in [0.5, 0.6) is 5.75 Å². The summed E-state index contributed by atoms with van der Waals surface area (Å²) >= 11 is 0. The summed E-state index contributed by atoms with van der Waals surface area (Å²) in [7, 11) is 3.03. The maximum atomic E-state index is 12.6. The SMILES string of the molecule is COc1ccc(CCNC(=O)N(C)C(=O)c2ccc(C(=O)c3ccccc3)cc2)cc1. The lowest BCUT2D eigenvalue weighted by molar-refractivity contribution is 0.0830. The second-order valence-corrected chi connectivity index (χ2v) is 6.97. The van der Waals surface area contributed by atoms with Crippen LogP contribution >= 0.6 is 0 Å². The fraction of sp³-hybridized carbons (Fsp3) is 0.160. The molecule has 3 aromatic carbocycles. The lowest BCUT2D eigenvalue weighted by Crippen LogP contribution is -2.41. The van der Waals surface area contributed by atoms with Gasteiger partial charge in [0, 0.05) is 30.3 Å². The summed E-state index contributed by atoms with van der Waals surface area (Å²) in [5.74, 6) is 0.208. The molecule has 0 aliphatic heterocycles. The van der Waals surface area contributed by atoms with Crippen LogP contribution in [0.3, 0.4) is 0 Å². The van der Waals surface area contributed by atoms with Gasteiger partial charge in [0.25, 0.3) is 5.91 Å². The van der Waals surface area contributed by atoms with E-state index in [-0.39, 0.29) is 5.78 Å². The molecule has 0 spiro atoms. The number of rotatable bonds is 7. The maximum Gasteiger partial charge on any atom is 0.324 e. The van der Waals surface area contributed by atoms with Crippen LogP contribution in [0.15, 0.2) is 78.9 Å². The zero-order chi connectivity index (χ0) is 22.2. The monoisotopic (exact) mass is 416 g/mol. The third-order valence-corrected chi connectivity index (χ3v) is 4.89. The minimum atomic E-state index is -0.483. The zero-order valence-corrected chi connectivity index (χ0v) is 17.5. The Morgan fingerprint density at radius 3 is 2.00 bits per heavy atom. The van der Waals surface area contributed by atoms with Crippen molar-refractivity contribution >= 4 is 17.7 Å². The number of amides is 3. The van der Waals surface area contributed by atoms with Gasteiger partial charge in [-0.15, -0.1) is 0 Å². The molecule has 1 N–H and O–H groups in total. The number of imide groups is 1. The Balaban J connectivity index is 1.54. The summed E-state index contributed by atoms with van der Waals surface area (Å²) in [4.78, 5) is 38.4. The molecule has 0 atom stereocenters. The van der Waals surface area contributed by atoms with E-state index in [1.54, 1.807) is 55.6 Å². The Labute approximate surface area is 181 Å². The number of nitrogens with zero attached hydrogens (tertiary/aromatic N) is 1. The number of carbonyl (C=O) groups excluding carboxylic acids is 3. The van der Waals surface area contributed by atoms with Crippen molar-refractivity contribution in [3.05, 3.63) is 101 Å². The van der Waals surface area contributed by atoms with E-state index in [1.807, 2.05) is 30.3 Å². The van der Waals surface area contributed by atoms with Gasteiger partial charge in [-0.25, -0.2) is 4.79 Å². The van der Waals surface area contributed by atoms with Gasteiger partial charge < -0.3 is 10.1 Å². The lowest BCUT2D eigenvalue weighted by Gasteiger charge is -2.16. The van der Waals surface area contributed by atoms with E-state index in [9.17, 15) is 14.4 Å². The van der Waals surface area contributed by atoms with E-state index in [1.165, 1.54) is 7.05 Å². The maximum absolute atomic E-state index is 12.6. The quantitative estimate of drug-likeness (QED) is 0.592. The number of benzene rings is 3. The van der Waals surface area contributed by atoms with E-state index in [0.29, 0.717) is 29.7 Å². The number of ketones is 1. The molecule has 31 heavy (non-hydrogen) atoms. The van der Waals surface area contributed by atoms with E-state index in [0.717, 1.165) is 16.2 Å². The van der Waals surface area contributed by atoms with Gasteiger partial charge in [0.05, 0.1) is 7.11 Å². The van der Waals surface area contributed by atoms with E-state index < -0.39 is 11.9 Å². The van der Waals surface area contributed by atoms with Crippen molar-refractivity contribution < 1.29 is 19.1 Å². The molecule has 0 unspecified atom stereocenters. The number of ether oxygens (including phenoxy) is 1. The van der Waals surface area contributed by atoms with Gasteiger partial charge in [-0.2, -0.15) is 0 Å². The molecule has 0 bridgehead atoms. The summed E-state index contributed by atoms with van der Waals surface area (Å²) in [6.07, 6.45) is 0.633. The molecule has 0 saturated carbocycles. The summed E-state index contributed by atoms with van der Waals surface area (Å²) in [5.41, 5.74) is 2.44. The minimum absolute atomic E-state index is 0.121. The highest BCUT2D eigenvalue weighted by molar-refractivity contribution is 6.10. The summed E-state index contributed by atoms with van der Waals surface area (Å²) < 4.78 is 5.12. The van der Waals surface area contributed by atoms with E-state index >= 15 is 0 Å². The number of nitrogens with one attached hydrogen (secondary N) is 1. The Morgan fingerprint density at radius 2 is 1.39 bits per heavy atom. The smallest absolute Gasteiger partial charge is 0.324 e. The number of urea groups is 1. The summed E-state index contributed by atoms with van der Waals surface area (Å²) in [6.45, 7) is 0.396. The van der Waals surface area contributed by atoms with Crippen LogP contribution in [0.1, 0.15) is 31.8 Å². The Kier molecular flexibility index (Phi) is 7.17. The lowest BCUT2D eigenvalue weighted by atomic mass is 10.0.